The highest BCUT2D eigenvalue weighted by Crippen LogP contribution is 2.32. The Labute approximate surface area is 120 Å². The number of para-hydroxylation sites is 1. The number of hydrogen-bond donors (Lipinski definition) is 1. The molecule has 2 aromatic carbocycles. The predicted molar refractivity (Wildman–Crippen MR) is 83.0 cm³/mol. The van der Waals surface area contributed by atoms with E-state index < -0.39 is 0 Å². The highest BCUT2D eigenvalue weighted by atomic mass is 16.5. The molecule has 0 aromatic heterocycles. The van der Waals surface area contributed by atoms with Gasteiger partial charge in [0, 0.05) is 18.2 Å². The number of nitrogens with one attached hydrogen (secondary N) is 1. The van der Waals surface area contributed by atoms with Crippen LogP contribution in [0.15, 0.2) is 42.5 Å². The van der Waals surface area contributed by atoms with Crippen molar-refractivity contribution < 1.29 is 4.74 Å². The van der Waals surface area contributed by atoms with Crippen LogP contribution in [-0.2, 0) is 6.54 Å². The summed E-state index contributed by atoms with van der Waals surface area (Å²) in [5.41, 5.74) is 5.06. The van der Waals surface area contributed by atoms with E-state index in [4.69, 9.17) is 4.74 Å². The number of benzene rings is 2. The van der Waals surface area contributed by atoms with Crippen molar-refractivity contribution in [3.63, 3.8) is 0 Å². The second kappa shape index (κ2) is 5.68. The number of hydrogen-bond acceptors (Lipinski definition) is 2. The maximum absolute atomic E-state index is 5.46. The molecule has 1 aliphatic carbocycles. The van der Waals surface area contributed by atoms with Gasteiger partial charge in [-0.1, -0.05) is 36.4 Å². The zero-order valence-corrected chi connectivity index (χ0v) is 12.1. The van der Waals surface area contributed by atoms with Crippen molar-refractivity contribution in [1.29, 1.82) is 0 Å². The van der Waals surface area contributed by atoms with Crippen LogP contribution in [0.2, 0.25) is 0 Å². The Kier molecular flexibility index (Phi) is 3.75. The van der Waals surface area contributed by atoms with Crippen molar-refractivity contribution in [1.82, 2.24) is 5.32 Å². The van der Waals surface area contributed by atoms with Gasteiger partial charge in [0.15, 0.2) is 0 Å². The van der Waals surface area contributed by atoms with E-state index in [0.717, 1.165) is 23.9 Å². The third kappa shape index (κ3) is 2.86. The molecule has 2 nitrogen and oxygen atoms in total. The molecule has 0 spiro atoms. The molecular weight excluding hydrogens is 246 g/mol. The van der Waals surface area contributed by atoms with Crippen LogP contribution < -0.4 is 10.1 Å². The normalized spacial score (nSPS) is 14.3. The maximum Gasteiger partial charge on any atom is 0.126 e. The molecule has 1 N–H and O–H groups in total. The standard InChI is InChI=1S/C18H21NO/c1-13-11-14(12-19-15-8-9-15)7-10-16(13)17-5-3-4-6-18(17)20-2/h3-7,10-11,15,19H,8-9,12H2,1-2H3. The number of rotatable bonds is 5. The van der Waals surface area contributed by atoms with E-state index in [1.54, 1.807) is 7.11 Å². The average Bonchev–Trinajstić information content (AvgIpc) is 3.29. The topological polar surface area (TPSA) is 21.3 Å². The van der Waals surface area contributed by atoms with E-state index >= 15 is 0 Å². The van der Waals surface area contributed by atoms with Crippen molar-refractivity contribution >= 4 is 0 Å². The molecule has 0 aliphatic heterocycles. The van der Waals surface area contributed by atoms with Crippen LogP contribution in [0.25, 0.3) is 11.1 Å². The molecule has 0 heterocycles. The van der Waals surface area contributed by atoms with Gasteiger partial charge in [0.1, 0.15) is 5.75 Å². The molecule has 0 unspecified atom stereocenters. The first kappa shape index (κ1) is 13.2. The van der Waals surface area contributed by atoms with Gasteiger partial charge in [-0.2, -0.15) is 0 Å². The third-order valence-corrected chi connectivity index (χ3v) is 3.86. The van der Waals surface area contributed by atoms with Gasteiger partial charge in [0.05, 0.1) is 7.11 Å². The van der Waals surface area contributed by atoms with Crippen molar-refractivity contribution in [2.45, 2.75) is 32.4 Å². The first-order chi connectivity index (χ1) is 9.78. The molecule has 1 aliphatic rings. The van der Waals surface area contributed by atoms with Crippen molar-refractivity contribution in [2.75, 3.05) is 7.11 Å². The molecule has 0 saturated heterocycles. The Balaban J connectivity index is 1.85. The van der Waals surface area contributed by atoms with Gasteiger partial charge >= 0.3 is 0 Å². The minimum absolute atomic E-state index is 0.754. The van der Waals surface area contributed by atoms with Crippen LogP contribution in [0, 0.1) is 6.92 Å². The van der Waals surface area contributed by atoms with E-state index in [0.29, 0.717) is 0 Å². The van der Waals surface area contributed by atoms with Gasteiger partial charge in [-0.05, 0) is 42.5 Å². The minimum Gasteiger partial charge on any atom is -0.496 e. The van der Waals surface area contributed by atoms with Crippen LogP contribution in [0.4, 0.5) is 0 Å². The van der Waals surface area contributed by atoms with Gasteiger partial charge in [-0.15, -0.1) is 0 Å². The van der Waals surface area contributed by atoms with E-state index in [1.165, 1.54) is 29.5 Å². The summed E-state index contributed by atoms with van der Waals surface area (Å²) in [5, 5.41) is 3.56. The van der Waals surface area contributed by atoms with Crippen molar-refractivity contribution in [2.24, 2.45) is 0 Å². The van der Waals surface area contributed by atoms with Gasteiger partial charge in [0.2, 0.25) is 0 Å². The Hall–Kier alpha value is -1.80. The summed E-state index contributed by atoms with van der Waals surface area (Å²) < 4.78 is 5.46. The maximum atomic E-state index is 5.46. The van der Waals surface area contributed by atoms with Gasteiger partial charge in [-0.25, -0.2) is 0 Å². The molecule has 0 amide bonds. The van der Waals surface area contributed by atoms with Crippen LogP contribution in [0.3, 0.4) is 0 Å². The molecule has 0 bridgehead atoms. The zero-order valence-electron chi connectivity index (χ0n) is 12.1. The Morgan fingerprint density at radius 3 is 2.60 bits per heavy atom. The summed E-state index contributed by atoms with van der Waals surface area (Å²) in [6.07, 6.45) is 2.66. The van der Waals surface area contributed by atoms with E-state index in [-0.39, 0.29) is 0 Å². The summed E-state index contributed by atoms with van der Waals surface area (Å²) in [5.74, 6) is 0.930. The molecule has 104 valence electrons. The predicted octanol–water partition coefficient (Wildman–Crippen LogP) is 3.92. The summed E-state index contributed by atoms with van der Waals surface area (Å²) in [6.45, 7) is 3.14. The monoisotopic (exact) mass is 267 g/mol. The number of methoxy groups -OCH3 is 1. The lowest BCUT2D eigenvalue weighted by molar-refractivity contribution is 0.416. The van der Waals surface area contributed by atoms with Crippen LogP contribution in [0.5, 0.6) is 5.75 Å². The summed E-state index contributed by atoms with van der Waals surface area (Å²) >= 11 is 0. The lowest BCUT2D eigenvalue weighted by Gasteiger charge is -2.12. The third-order valence-electron chi connectivity index (χ3n) is 3.86. The van der Waals surface area contributed by atoms with E-state index in [9.17, 15) is 0 Å². The summed E-state index contributed by atoms with van der Waals surface area (Å²) in [4.78, 5) is 0. The molecule has 2 aromatic rings. The zero-order chi connectivity index (χ0) is 13.9. The van der Waals surface area contributed by atoms with Crippen molar-refractivity contribution in [3.8, 4) is 16.9 Å². The molecule has 3 rings (SSSR count). The Morgan fingerprint density at radius 1 is 1.10 bits per heavy atom. The lowest BCUT2D eigenvalue weighted by atomic mass is 9.97. The first-order valence-electron chi connectivity index (χ1n) is 7.24. The molecule has 0 radical (unpaired) electrons. The van der Waals surface area contributed by atoms with E-state index in [2.05, 4.69) is 42.6 Å². The second-order valence-electron chi connectivity index (χ2n) is 5.50. The van der Waals surface area contributed by atoms with Gasteiger partial charge in [0.25, 0.3) is 0 Å². The fourth-order valence-electron chi connectivity index (χ4n) is 2.55. The lowest BCUT2D eigenvalue weighted by Crippen LogP contribution is -2.15. The summed E-state index contributed by atoms with van der Waals surface area (Å²) in [7, 11) is 1.72. The molecular formula is C18H21NO. The van der Waals surface area contributed by atoms with Gasteiger partial charge in [-0.3, -0.25) is 0 Å². The van der Waals surface area contributed by atoms with Crippen LogP contribution >= 0.6 is 0 Å². The minimum atomic E-state index is 0.754. The van der Waals surface area contributed by atoms with Crippen molar-refractivity contribution in [3.05, 3.63) is 53.6 Å². The smallest absolute Gasteiger partial charge is 0.126 e. The molecule has 1 fully saturated rings. The highest BCUT2D eigenvalue weighted by Gasteiger charge is 2.20. The first-order valence-corrected chi connectivity index (χ1v) is 7.24. The van der Waals surface area contributed by atoms with Crippen LogP contribution in [0.1, 0.15) is 24.0 Å². The Bertz CT molecular complexity index is 602. The SMILES string of the molecule is COc1ccccc1-c1ccc(CNC2CC2)cc1C. The second-order valence-corrected chi connectivity index (χ2v) is 5.50. The van der Waals surface area contributed by atoms with Crippen LogP contribution in [-0.4, -0.2) is 13.2 Å². The number of aryl methyl sites for hydroxylation is 1. The molecule has 2 heteroatoms. The summed E-state index contributed by atoms with van der Waals surface area (Å²) in [6, 6.07) is 15.6. The largest absolute Gasteiger partial charge is 0.496 e. The Morgan fingerprint density at radius 2 is 1.90 bits per heavy atom. The average molecular weight is 267 g/mol. The highest BCUT2D eigenvalue weighted by molar-refractivity contribution is 5.73. The molecule has 0 atom stereocenters. The number of ether oxygens (including phenoxy) is 1. The molecule has 1 saturated carbocycles. The molecule has 20 heavy (non-hydrogen) atoms. The quantitative estimate of drug-likeness (QED) is 0.886. The van der Waals surface area contributed by atoms with E-state index in [1.807, 2.05) is 12.1 Å². The van der Waals surface area contributed by atoms with Gasteiger partial charge < -0.3 is 10.1 Å². The fourth-order valence-corrected chi connectivity index (χ4v) is 2.55. The fraction of sp³-hybridized carbons (Fsp3) is 0.333.